The third-order valence-electron chi connectivity index (χ3n) is 7.03. The lowest BCUT2D eigenvalue weighted by atomic mass is 10.2. The molecule has 1 heterocycles. The lowest BCUT2D eigenvalue weighted by Gasteiger charge is -2.26. The average Bonchev–Trinajstić information content (AvgIpc) is 3.24. The minimum absolute atomic E-state index is 0.163. The Morgan fingerprint density at radius 2 is 1.25 bits per heavy atom. The summed E-state index contributed by atoms with van der Waals surface area (Å²) in [4.78, 5) is 0.163. The summed E-state index contributed by atoms with van der Waals surface area (Å²) in [5.41, 5.74) is 3.57. The Bertz CT molecular complexity index is 1830. The van der Waals surface area contributed by atoms with Gasteiger partial charge in [-0.05, 0) is 55.5 Å². The third kappa shape index (κ3) is 5.30. The van der Waals surface area contributed by atoms with Crippen LogP contribution in [0, 0.1) is 6.92 Å². The number of sulfonamides is 2. The Morgan fingerprint density at radius 3 is 1.77 bits per heavy atom. The van der Waals surface area contributed by atoms with Crippen LogP contribution in [-0.4, -0.2) is 52.5 Å². The number of hydrogen-bond donors (Lipinski definition) is 1. The van der Waals surface area contributed by atoms with E-state index in [2.05, 4.69) is 0 Å². The second-order valence-corrected chi connectivity index (χ2v) is 13.8. The van der Waals surface area contributed by atoms with E-state index >= 15 is 0 Å². The number of para-hydroxylation sites is 2. The molecule has 0 bridgehead atoms. The van der Waals surface area contributed by atoms with E-state index < -0.39 is 26.2 Å². The van der Waals surface area contributed by atoms with Gasteiger partial charge in [-0.1, -0.05) is 54.1 Å². The van der Waals surface area contributed by atoms with Crippen molar-refractivity contribution >= 4 is 53.2 Å². The van der Waals surface area contributed by atoms with Crippen molar-refractivity contribution in [1.29, 1.82) is 0 Å². The zero-order valence-electron chi connectivity index (χ0n) is 22.5. The Morgan fingerprint density at radius 1 is 0.750 bits per heavy atom. The number of rotatable bonds is 9. The van der Waals surface area contributed by atoms with Crippen LogP contribution in [-0.2, 0) is 26.6 Å². The summed E-state index contributed by atoms with van der Waals surface area (Å²) in [6.45, 7) is 1.90. The summed E-state index contributed by atoms with van der Waals surface area (Å²) < 4.78 is 56.1. The molecule has 0 aliphatic rings. The van der Waals surface area contributed by atoms with E-state index in [4.69, 9.17) is 0 Å². The van der Waals surface area contributed by atoms with Crippen LogP contribution in [0.25, 0.3) is 21.8 Å². The molecule has 5 rings (SSSR count). The fraction of sp³-hybridized carbons (Fsp3) is 0.200. The van der Waals surface area contributed by atoms with Gasteiger partial charge in [-0.3, -0.25) is 8.61 Å². The molecule has 1 N–H and O–H groups in total. The van der Waals surface area contributed by atoms with Gasteiger partial charge in [-0.2, -0.15) is 0 Å². The highest BCUT2D eigenvalue weighted by Gasteiger charge is 2.25. The van der Waals surface area contributed by atoms with Crippen molar-refractivity contribution in [1.82, 2.24) is 4.57 Å². The van der Waals surface area contributed by atoms with Crippen LogP contribution in [0.15, 0.2) is 102 Å². The topological polar surface area (TPSA) is 99.9 Å². The Balaban J connectivity index is 1.40. The van der Waals surface area contributed by atoms with Gasteiger partial charge in [-0.25, -0.2) is 16.8 Å². The molecule has 0 saturated carbocycles. The van der Waals surface area contributed by atoms with Crippen molar-refractivity contribution < 1.29 is 21.9 Å². The van der Waals surface area contributed by atoms with Crippen LogP contribution in [0.3, 0.4) is 0 Å². The monoisotopic (exact) mass is 577 g/mol. The van der Waals surface area contributed by atoms with Crippen LogP contribution in [0.2, 0.25) is 0 Å². The summed E-state index contributed by atoms with van der Waals surface area (Å²) >= 11 is 0. The molecule has 0 fully saturated rings. The maximum atomic E-state index is 13.1. The summed E-state index contributed by atoms with van der Waals surface area (Å²) in [7, 11) is -6.10. The molecule has 0 amide bonds. The van der Waals surface area contributed by atoms with Gasteiger partial charge in [0.05, 0.1) is 41.7 Å². The van der Waals surface area contributed by atoms with E-state index in [0.717, 1.165) is 42.2 Å². The zero-order chi connectivity index (χ0) is 28.7. The van der Waals surface area contributed by atoms with Gasteiger partial charge in [-0.15, -0.1) is 0 Å². The number of aryl methyl sites for hydroxylation is 1. The van der Waals surface area contributed by atoms with Gasteiger partial charge in [0.2, 0.25) is 10.0 Å². The van der Waals surface area contributed by atoms with Gasteiger partial charge in [0.1, 0.15) is 0 Å². The van der Waals surface area contributed by atoms with E-state index in [1.54, 1.807) is 48.5 Å². The predicted octanol–water partition coefficient (Wildman–Crippen LogP) is 4.76. The zero-order valence-corrected chi connectivity index (χ0v) is 24.1. The van der Waals surface area contributed by atoms with Crippen molar-refractivity contribution in [3.8, 4) is 0 Å². The first-order chi connectivity index (χ1) is 19.0. The first kappa shape index (κ1) is 27.7. The number of aromatic nitrogens is 1. The standard InChI is InChI=1S/C30H31N3O5S2/c1-22-12-18-26(19-13-22)40(37,38)31(2)23-14-16-24(17-15-23)33(39(3,35)36)21-25(34)20-32-29-10-6-4-8-27(29)28-9-5-7-11-30(28)32/h4-19,25,34H,20-21H2,1-3H3/t25-/m0/s1. The molecule has 1 aromatic heterocycles. The van der Waals surface area contributed by atoms with Gasteiger partial charge < -0.3 is 9.67 Å². The molecule has 0 aliphatic heterocycles. The van der Waals surface area contributed by atoms with E-state index in [1.165, 1.54) is 7.05 Å². The van der Waals surface area contributed by atoms with Crippen LogP contribution >= 0.6 is 0 Å². The van der Waals surface area contributed by atoms with Crippen LogP contribution in [0.1, 0.15) is 5.56 Å². The summed E-state index contributed by atoms with van der Waals surface area (Å²) in [6.07, 6.45) is 0.0698. The van der Waals surface area contributed by atoms with Gasteiger partial charge in [0.25, 0.3) is 10.0 Å². The summed E-state index contributed by atoms with van der Waals surface area (Å²) in [5, 5.41) is 13.2. The van der Waals surface area contributed by atoms with Crippen molar-refractivity contribution in [2.45, 2.75) is 24.5 Å². The minimum atomic E-state index is -3.80. The molecule has 1 atom stereocenters. The van der Waals surface area contributed by atoms with Crippen LogP contribution in [0.5, 0.6) is 0 Å². The number of nitrogens with zero attached hydrogens (tertiary/aromatic N) is 3. The molecule has 4 aromatic carbocycles. The third-order valence-corrected chi connectivity index (χ3v) is 9.99. The molecule has 0 aliphatic carbocycles. The molecular formula is C30H31N3O5S2. The molecule has 5 aromatic rings. The van der Waals surface area contributed by atoms with E-state index in [0.29, 0.717) is 11.4 Å². The van der Waals surface area contributed by atoms with E-state index in [9.17, 15) is 21.9 Å². The maximum Gasteiger partial charge on any atom is 0.264 e. The predicted molar refractivity (Wildman–Crippen MR) is 161 cm³/mol. The number of aliphatic hydroxyl groups excluding tert-OH is 1. The summed E-state index contributed by atoms with van der Waals surface area (Å²) in [5.74, 6) is 0. The number of anilines is 2. The van der Waals surface area contributed by atoms with Gasteiger partial charge >= 0.3 is 0 Å². The maximum absolute atomic E-state index is 13.1. The quantitative estimate of drug-likeness (QED) is 0.273. The molecule has 0 spiro atoms. The van der Waals surface area contributed by atoms with Crippen molar-refractivity contribution in [2.75, 3.05) is 28.5 Å². The Kier molecular flexibility index (Phi) is 7.34. The number of fused-ring (bicyclic) bond motifs is 3. The molecule has 8 nitrogen and oxygen atoms in total. The average molecular weight is 578 g/mol. The largest absolute Gasteiger partial charge is 0.389 e. The second-order valence-electron chi connectivity index (χ2n) is 9.89. The molecular weight excluding hydrogens is 546 g/mol. The second kappa shape index (κ2) is 10.6. The molecule has 208 valence electrons. The molecule has 0 radical (unpaired) electrons. The van der Waals surface area contributed by atoms with Gasteiger partial charge in [0.15, 0.2) is 0 Å². The number of hydrogen-bond acceptors (Lipinski definition) is 5. The first-order valence-corrected chi connectivity index (χ1v) is 16.0. The summed E-state index contributed by atoms with van der Waals surface area (Å²) in [6, 6.07) is 28.6. The SMILES string of the molecule is Cc1ccc(S(=O)(=O)N(C)c2ccc(N(C[C@@H](O)Cn3c4ccccc4c4ccccc43)S(C)(=O)=O)cc2)cc1. The first-order valence-electron chi connectivity index (χ1n) is 12.7. The van der Waals surface area contributed by atoms with E-state index in [-0.39, 0.29) is 18.0 Å². The lowest BCUT2D eigenvalue weighted by Crippen LogP contribution is -2.38. The van der Waals surface area contributed by atoms with Crippen molar-refractivity contribution in [3.63, 3.8) is 0 Å². The van der Waals surface area contributed by atoms with Crippen molar-refractivity contribution in [3.05, 3.63) is 103 Å². The fourth-order valence-electron chi connectivity index (χ4n) is 4.93. The highest BCUT2D eigenvalue weighted by Crippen LogP contribution is 2.30. The Labute approximate surface area is 234 Å². The molecule has 40 heavy (non-hydrogen) atoms. The lowest BCUT2D eigenvalue weighted by molar-refractivity contribution is 0.166. The number of aliphatic hydroxyl groups is 1. The highest BCUT2D eigenvalue weighted by molar-refractivity contribution is 7.93. The van der Waals surface area contributed by atoms with Crippen LogP contribution < -0.4 is 8.61 Å². The van der Waals surface area contributed by atoms with Gasteiger partial charge in [0, 0.05) is 28.9 Å². The molecule has 0 unspecified atom stereocenters. The van der Waals surface area contributed by atoms with Crippen LogP contribution in [0.4, 0.5) is 11.4 Å². The number of benzene rings is 4. The molecule has 10 heteroatoms. The Hall–Kier alpha value is -3.86. The normalized spacial score (nSPS) is 13.0. The fourth-order valence-corrected chi connectivity index (χ4v) is 7.07. The van der Waals surface area contributed by atoms with Crippen molar-refractivity contribution in [2.24, 2.45) is 0 Å². The van der Waals surface area contributed by atoms with E-state index in [1.807, 2.05) is 60.0 Å². The highest BCUT2D eigenvalue weighted by atomic mass is 32.2. The molecule has 0 saturated heterocycles. The minimum Gasteiger partial charge on any atom is -0.389 e. The smallest absolute Gasteiger partial charge is 0.264 e.